The Bertz CT molecular complexity index is 756. The average Bonchev–Trinajstić information content (AvgIpc) is 2.77. The van der Waals surface area contributed by atoms with Gasteiger partial charge in [0.25, 0.3) is 0 Å². The molecule has 1 atom stereocenters. The molecule has 0 saturated carbocycles. The number of esters is 1. The number of hydrogen-bond acceptors (Lipinski definition) is 8. The topological polar surface area (TPSA) is 90.8 Å². The highest BCUT2D eigenvalue weighted by Crippen LogP contribution is 2.40. The van der Waals surface area contributed by atoms with Crippen molar-refractivity contribution in [1.82, 2.24) is 9.97 Å². The Morgan fingerprint density at radius 1 is 1.22 bits per heavy atom. The summed E-state index contributed by atoms with van der Waals surface area (Å²) >= 11 is 1.16. The van der Waals surface area contributed by atoms with E-state index in [2.05, 4.69) is 9.97 Å². The van der Waals surface area contributed by atoms with Crippen molar-refractivity contribution in [3.05, 3.63) is 35.4 Å². The van der Waals surface area contributed by atoms with E-state index in [4.69, 9.17) is 14.2 Å². The van der Waals surface area contributed by atoms with E-state index in [9.17, 15) is 9.90 Å². The Hall–Kier alpha value is -2.32. The summed E-state index contributed by atoms with van der Waals surface area (Å²) in [6.45, 7) is 1.43. The van der Waals surface area contributed by atoms with Crippen LogP contribution < -0.4 is 9.47 Å². The first-order chi connectivity index (χ1) is 10.9. The number of nitrogens with zero attached hydrogens (tertiary/aromatic N) is 2. The van der Waals surface area contributed by atoms with Crippen LogP contribution in [0.4, 0.5) is 0 Å². The van der Waals surface area contributed by atoms with Crippen molar-refractivity contribution in [2.45, 2.75) is 22.8 Å². The molecule has 0 fully saturated rings. The second-order valence-electron chi connectivity index (χ2n) is 4.89. The number of aromatic nitrogens is 2. The summed E-state index contributed by atoms with van der Waals surface area (Å²) in [5.41, 5.74) is 0.732. The Balaban J connectivity index is 2.03. The van der Waals surface area contributed by atoms with Crippen LogP contribution in [0.15, 0.2) is 34.3 Å². The van der Waals surface area contributed by atoms with Gasteiger partial charge < -0.3 is 19.3 Å². The summed E-state index contributed by atoms with van der Waals surface area (Å²) in [7, 11) is 2.98. The summed E-state index contributed by atoms with van der Waals surface area (Å²) in [6.07, 6.45) is 0. The molecule has 1 aliphatic rings. The maximum atomic E-state index is 12.1. The van der Waals surface area contributed by atoms with E-state index in [-0.39, 0.29) is 0 Å². The van der Waals surface area contributed by atoms with Gasteiger partial charge in [-0.1, -0.05) is 12.1 Å². The lowest BCUT2D eigenvalue weighted by molar-refractivity contribution is -0.147. The fourth-order valence-corrected chi connectivity index (χ4v) is 3.15. The van der Waals surface area contributed by atoms with Gasteiger partial charge in [-0.05, 0) is 17.8 Å². The third-order valence-corrected chi connectivity index (χ3v) is 4.22. The number of rotatable bonds is 4. The van der Waals surface area contributed by atoms with Gasteiger partial charge in [-0.25, -0.2) is 4.79 Å². The maximum absolute atomic E-state index is 12.1. The standard InChI is InChI=1S/C15H14N2O5S/c1-15(19)8-5-4-6-9(12(8)13(18)22-15)23-14-16-10(20-2)7-11(17-14)21-3/h4-7,19H,1-3H3. The predicted octanol–water partition coefficient (Wildman–Crippen LogP) is 1.98. The normalized spacial score (nSPS) is 19.2. The van der Waals surface area contributed by atoms with Gasteiger partial charge in [0.15, 0.2) is 5.16 Å². The zero-order valence-electron chi connectivity index (χ0n) is 12.7. The molecule has 120 valence electrons. The Kier molecular flexibility index (Phi) is 3.87. The Labute approximate surface area is 136 Å². The minimum absolute atomic E-state index is 0.313. The molecule has 0 amide bonds. The molecular weight excluding hydrogens is 320 g/mol. The summed E-state index contributed by atoms with van der Waals surface area (Å²) in [5.74, 6) is -1.51. The van der Waals surface area contributed by atoms with Gasteiger partial charge in [0, 0.05) is 17.4 Å². The molecule has 23 heavy (non-hydrogen) atoms. The van der Waals surface area contributed by atoms with Crippen molar-refractivity contribution < 1.29 is 24.1 Å². The van der Waals surface area contributed by atoms with Gasteiger partial charge in [0.2, 0.25) is 17.5 Å². The van der Waals surface area contributed by atoms with Crippen molar-refractivity contribution in [3.8, 4) is 11.8 Å². The van der Waals surface area contributed by atoms with E-state index in [0.717, 1.165) is 11.8 Å². The molecule has 8 heteroatoms. The van der Waals surface area contributed by atoms with Crippen LogP contribution in [0.5, 0.6) is 11.8 Å². The van der Waals surface area contributed by atoms with E-state index in [0.29, 0.717) is 32.9 Å². The smallest absolute Gasteiger partial charge is 0.342 e. The first-order valence-corrected chi connectivity index (χ1v) is 7.50. The number of methoxy groups -OCH3 is 2. The second-order valence-corrected chi connectivity index (χ2v) is 5.90. The third kappa shape index (κ3) is 2.82. The van der Waals surface area contributed by atoms with E-state index in [1.807, 2.05) is 0 Å². The van der Waals surface area contributed by atoms with E-state index < -0.39 is 11.8 Å². The number of ether oxygens (including phenoxy) is 3. The molecule has 0 radical (unpaired) electrons. The van der Waals surface area contributed by atoms with Gasteiger partial charge in [0.1, 0.15) is 0 Å². The second kappa shape index (κ2) is 5.71. The highest BCUT2D eigenvalue weighted by molar-refractivity contribution is 7.99. The fourth-order valence-electron chi connectivity index (χ4n) is 2.24. The van der Waals surface area contributed by atoms with E-state index in [1.165, 1.54) is 21.1 Å². The van der Waals surface area contributed by atoms with Crippen molar-refractivity contribution in [2.75, 3.05) is 14.2 Å². The number of hydrogen-bond donors (Lipinski definition) is 1. The van der Waals surface area contributed by atoms with Crippen molar-refractivity contribution in [1.29, 1.82) is 0 Å². The van der Waals surface area contributed by atoms with Crippen molar-refractivity contribution in [3.63, 3.8) is 0 Å². The first kappa shape index (κ1) is 15.6. The molecule has 7 nitrogen and oxygen atoms in total. The molecule has 2 heterocycles. The first-order valence-electron chi connectivity index (χ1n) is 6.68. The number of carbonyl (C=O) groups excluding carboxylic acids is 1. The third-order valence-electron chi connectivity index (χ3n) is 3.30. The molecule has 0 aliphatic carbocycles. The van der Waals surface area contributed by atoms with Crippen LogP contribution >= 0.6 is 11.8 Å². The highest BCUT2D eigenvalue weighted by atomic mass is 32.2. The maximum Gasteiger partial charge on any atom is 0.342 e. The lowest BCUT2D eigenvalue weighted by Gasteiger charge is -2.15. The van der Waals surface area contributed by atoms with Crippen molar-refractivity contribution in [2.24, 2.45) is 0 Å². The van der Waals surface area contributed by atoms with Crippen LogP contribution in [0.3, 0.4) is 0 Å². The van der Waals surface area contributed by atoms with Crippen LogP contribution in [0.1, 0.15) is 22.8 Å². The summed E-state index contributed by atoms with van der Waals surface area (Å²) < 4.78 is 15.2. The molecule has 1 aromatic heterocycles. The number of cyclic esters (lactones) is 1. The fraction of sp³-hybridized carbons (Fsp3) is 0.267. The quantitative estimate of drug-likeness (QED) is 0.670. The summed E-state index contributed by atoms with van der Waals surface area (Å²) in [4.78, 5) is 21.1. The van der Waals surface area contributed by atoms with Crippen LogP contribution in [-0.2, 0) is 10.5 Å². The molecule has 2 aromatic rings. The Morgan fingerprint density at radius 2 is 1.87 bits per heavy atom. The van der Waals surface area contributed by atoms with Crippen LogP contribution in [0.25, 0.3) is 0 Å². The minimum Gasteiger partial charge on any atom is -0.481 e. The average molecular weight is 334 g/mol. The molecule has 3 rings (SSSR count). The zero-order chi connectivity index (χ0) is 16.6. The number of carbonyl (C=O) groups is 1. The summed E-state index contributed by atoms with van der Waals surface area (Å²) in [6, 6.07) is 6.67. The summed E-state index contributed by atoms with van der Waals surface area (Å²) in [5, 5.41) is 10.5. The van der Waals surface area contributed by atoms with Gasteiger partial charge >= 0.3 is 5.97 Å². The van der Waals surface area contributed by atoms with Crippen LogP contribution in [-0.4, -0.2) is 35.3 Å². The molecule has 1 unspecified atom stereocenters. The molecular formula is C15H14N2O5S. The molecule has 0 saturated heterocycles. The number of benzene rings is 1. The molecule has 0 bridgehead atoms. The van der Waals surface area contributed by atoms with E-state index in [1.54, 1.807) is 24.3 Å². The lowest BCUT2D eigenvalue weighted by Crippen LogP contribution is -2.20. The molecule has 1 aliphatic heterocycles. The number of aliphatic hydroxyl groups is 1. The largest absolute Gasteiger partial charge is 0.481 e. The van der Waals surface area contributed by atoms with Gasteiger partial charge in [-0.2, -0.15) is 9.97 Å². The van der Waals surface area contributed by atoms with Crippen LogP contribution in [0.2, 0.25) is 0 Å². The zero-order valence-corrected chi connectivity index (χ0v) is 13.5. The van der Waals surface area contributed by atoms with Crippen LogP contribution in [0, 0.1) is 0 Å². The van der Waals surface area contributed by atoms with E-state index >= 15 is 0 Å². The molecule has 0 spiro atoms. The molecule has 1 N–H and O–H groups in total. The SMILES string of the molecule is COc1cc(OC)nc(Sc2cccc3c2C(=O)OC3(C)O)n1. The minimum atomic E-state index is -1.63. The van der Waals surface area contributed by atoms with Gasteiger partial charge in [-0.15, -0.1) is 0 Å². The van der Waals surface area contributed by atoms with Gasteiger partial charge in [-0.3, -0.25) is 0 Å². The van der Waals surface area contributed by atoms with Gasteiger partial charge in [0.05, 0.1) is 25.8 Å². The molecule has 1 aromatic carbocycles. The van der Waals surface area contributed by atoms with Crippen molar-refractivity contribution >= 4 is 17.7 Å². The Morgan fingerprint density at radius 3 is 2.48 bits per heavy atom. The lowest BCUT2D eigenvalue weighted by atomic mass is 10.0. The monoisotopic (exact) mass is 334 g/mol. The highest BCUT2D eigenvalue weighted by Gasteiger charge is 2.41. The number of fused-ring (bicyclic) bond motifs is 1. The predicted molar refractivity (Wildman–Crippen MR) is 80.7 cm³/mol.